The predicted molar refractivity (Wildman–Crippen MR) is 61.2 cm³/mol. The van der Waals surface area contributed by atoms with E-state index in [2.05, 4.69) is 10.2 Å². The van der Waals surface area contributed by atoms with Gasteiger partial charge in [0.15, 0.2) is 6.10 Å². The fourth-order valence-electron chi connectivity index (χ4n) is 1.94. The van der Waals surface area contributed by atoms with Crippen LogP contribution in [0.5, 0.6) is 0 Å². The molecule has 1 aliphatic heterocycles. The number of hydrogen-bond donors (Lipinski definition) is 2. The summed E-state index contributed by atoms with van der Waals surface area (Å²) in [5.41, 5.74) is 1.08. The number of hydrogen-bond acceptors (Lipinski definition) is 4. The Labute approximate surface area is 104 Å². The number of aliphatic carboxylic acids is 1. The van der Waals surface area contributed by atoms with E-state index < -0.39 is 12.1 Å². The molecule has 2 N–H and O–H groups in total. The highest BCUT2D eigenvalue weighted by molar-refractivity contribution is 5.92. The lowest BCUT2D eigenvalue weighted by atomic mass is 10.2. The SMILES string of the molecule is Cc1cc(C(=O)N2CC(C(=O)O)O[C@H](C)C2)n[nH]1. The number of morpholine rings is 1. The highest BCUT2D eigenvalue weighted by atomic mass is 16.5. The highest BCUT2D eigenvalue weighted by Gasteiger charge is 2.33. The zero-order valence-corrected chi connectivity index (χ0v) is 10.2. The third kappa shape index (κ3) is 2.51. The molecule has 0 aromatic carbocycles. The summed E-state index contributed by atoms with van der Waals surface area (Å²) in [4.78, 5) is 24.5. The van der Waals surface area contributed by atoms with E-state index in [1.54, 1.807) is 19.9 Å². The molecule has 1 unspecified atom stereocenters. The van der Waals surface area contributed by atoms with Gasteiger partial charge in [-0.1, -0.05) is 0 Å². The second-order valence-electron chi connectivity index (χ2n) is 4.42. The average Bonchev–Trinajstić information content (AvgIpc) is 2.74. The number of carbonyl (C=O) groups is 2. The van der Waals surface area contributed by atoms with E-state index in [9.17, 15) is 9.59 Å². The van der Waals surface area contributed by atoms with Gasteiger partial charge in [0.25, 0.3) is 5.91 Å². The van der Waals surface area contributed by atoms with Gasteiger partial charge in [-0.05, 0) is 19.9 Å². The summed E-state index contributed by atoms with van der Waals surface area (Å²) in [5.74, 6) is -1.33. The zero-order chi connectivity index (χ0) is 13.3. The molecule has 0 radical (unpaired) electrons. The second-order valence-corrected chi connectivity index (χ2v) is 4.42. The molecule has 1 aliphatic rings. The number of carboxylic acid groups (broad SMARTS) is 1. The van der Waals surface area contributed by atoms with Crippen LogP contribution >= 0.6 is 0 Å². The summed E-state index contributed by atoms with van der Waals surface area (Å²) in [6, 6.07) is 1.64. The normalized spacial score (nSPS) is 24.0. The molecular formula is C11H15N3O4. The number of aromatic amines is 1. The molecule has 1 aromatic heterocycles. The van der Waals surface area contributed by atoms with Crippen LogP contribution in [0.4, 0.5) is 0 Å². The molecule has 1 saturated heterocycles. The Hall–Kier alpha value is -1.89. The molecule has 98 valence electrons. The maximum atomic E-state index is 12.1. The highest BCUT2D eigenvalue weighted by Crippen LogP contribution is 2.14. The largest absolute Gasteiger partial charge is 0.479 e. The standard InChI is InChI=1S/C11H15N3O4/c1-6-3-8(13-12-6)10(15)14-4-7(2)18-9(5-14)11(16)17/h3,7,9H,4-5H2,1-2H3,(H,12,13)(H,16,17)/t7-,9?/m1/s1. The summed E-state index contributed by atoms with van der Waals surface area (Å²) in [6.45, 7) is 3.95. The van der Waals surface area contributed by atoms with Crippen molar-refractivity contribution in [2.45, 2.75) is 26.1 Å². The van der Waals surface area contributed by atoms with Gasteiger partial charge in [0.2, 0.25) is 0 Å². The van der Waals surface area contributed by atoms with Crippen LogP contribution < -0.4 is 0 Å². The number of amides is 1. The minimum Gasteiger partial charge on any atom is -0.479 e. The minimum atomic E-state index is -1.06. The van der Waals surface area contributed by atoms with Crippen molar-refractivity contribution in [3.63, 3.8) is 0 Å². The van der Waals surface area contributed by atoms with E-state index in [4.69, 9.17) is 9.84 Å². The van der Waals surface area contributed by atoms with Gasteiger partial charge in [0, 0.05) is 12.2 Å². The van der Waals surface area contributed by atoms with Gasteiger partial charge in [-0.2, -0.15) is 5.10 Å². The lowest BCUT2D eigenvalue weighted by molar-refractivity contribution is -0.160. The Bertz CT molecular complexity index is 471. The van der Waals surface area contributed by atoms with Crippen molar-refractivity contribution in [1.29, 1.82) is 0 Å². The van der Waals surface area contributed by atoms with Crippen LogP contribution in [-0.2, 0) is 9.53 Å². The first-order valence-electron chi connectivity index (χ1n) is 5.67. The van der Waals surface area contributed by atoms with Gasteiger partial charge in [-0.25, -0.2) is 4.79 Å². The molecule has 18 heavy (non-hydrogen) atoms. The number of carboxylic acids is 1. The van der Waals surface area contributed by atoms with Crippen LogP contribution in [0.15, 0.2) is 6.07 Å². The summed E-state index contributed by atoms with van der Waals surface area (Å²) in [7, 11) is 0. The van der Waals surface area contributed by atoms with Crippen molar-refractivity contribution in [1.82, 2.24) is 15.1 Å². The molecule has 1 fully saturated rings. The quantitative estimate of drug-likeness (QED) is 0.775. The molecule has 1 aromatic rings. The fraction of sp³-hybridized carbons (Fsp3) is 0.545. The van der Waals surface area contributed by atoms with Gasteiger partial charge in [0.05, 0.1) is 12.6 Å². The van der Waals surface area contributed by atoms with Gasteiger partial charge in [-0.15, -0.1) is 0 Å². The molecule has 1 amide bonds. The molecule has 7 heteroatoms. The van der Waals surface area contributed by atoms with Crippen molar-refractivity contribution in [3.8, 4) is 0 Å². The van der Waals surface area contributed by atoms with Crippen LogP contribution in [0.25, 0.3) is 0 Å². The first kappa shape index (κ1) is 12.6. The van der Waals surface area contributed by atoms with Gasteiger partial charge < -0.3 is 14.7 Å². The first-order chi connectivity index (χ1) is 8.47. The number of rotatable bonds is 2. The third-order valence-electron chi connectivity index (χ3n) is 2.75. The van der Waals surface area contributed by atoms with E-state index in [0.29, 0.717) is 12.2 Å². The molecule has 7 nitrogen and oxygen atoms in total. The van der Waals surface area contributed by atoms with Crippen molar-refractivity contribution in [2.24, 2.45) is 0 Å². The van der Waals surface area contributed by atoms with E-state index in [1.807, 2.05) is 0 Å². The Balaban J connectivity index is 2.12. The lowest BCUT2D eigenvalue weighted by Crippen LogP contribution is -2.51. The molecule has 2 atom stereocenters. The number of nitrogens with one attached hydrogen (secondary N) is 1. The molecule has 0 aliphatic carbocycles. The van der Waals surface area contributed by atoms with Crippen LogP contribution in [0.2, 0.25) is 0 Å². The van der Waals surface area contributed by atoms with Gasteiger partial charge >= 0.3 is 5.97 Å². The summed E-state index contributed by atoms with van der Waals surface area (Å²) >= 11 is 0. The van der Waals surface area contributed by atoms with Crippen molar-refractivity contribution in [2.75, 3.05) is 13.1 Å². The number of H-pyrrole nitrogens is 1. The monoisotopic (exact) mass is 253 g/mol. The van der Waals surface area contributed by atoms with Crippen LogP contribution in [0.1, 0.15) is 23.1 Å². The number of ether oxygens (including phenoxy) is 1. The van der Waals surface area contributed by atoms with Crippen molar-refractivity contribution < 1.29 is 19.4 Å². The number of aromatic nitrogens is 2. The summed E-state index contributed by atoms with van der Waals surface area (Å²) in [6.07, 6.45) is -1.28. The topological polar surface area (TPSA) is 95.5 Å². The number of aryl methyl sites for hydroxylation is 1. The summed E-state index contributed by atoms with van der Waals surface area (Å²) in [5, 5.41) is 15.5. The Morgan fingerprint density at radius 2 is 2.28 bits per heavy atom. The molecule has 0 bridgehead atoms. The molecule has 2 rings (SSSR count). The maximum absolute atomic E-state index is 12.1. The molecule has 0 saturated carbocycles. The van der Waals surface area contributed by atoms with E-state index >= 15 is 0 Å². The van der Waals surface area contributed by atoms with Crippen LogP contribution in [-0.4, -0.2) is 57.4 Å². The van der Waals surface area contributed by atoms with E-state index in [-0.39, 0.29) is 18.6 Å². The minimum absolute atomic E-state index is 0.0460. The predicted octanol–water partition coefficient (Wildman–Crippen LogP) is 0.0322. The Kier molecular flexibility index (Phi) is 3.33. The van der Waals surface area contributed by atoms with E-state index in [1.165, 1.54) is 4.90 Å². The number of carbonyl (C=O) groups excluding carboxylic acids is 1. The van der Waals surface area contributed by atoms with Crippen LogP contribution in [0.3, 0.4) is 0 Å². The molecular weight excluding hydrogens is 238 g/mol. The third-order valence-corrected chi connectivity index (χ3v) is 2.75. The Morgan fingerprint density at radius 1 is 1.56 bits per heavy atom. The zero-order valence-electron chi connectivity index (χ0n) is 10.2. The van der Waals surface area contributed by atoms with Gasteiger partial charge in [0.1, 0.15) is 5.69 Å². The first-order valence-corrected chi connectivity index (χ1v) is 5.67. The van der Waals surface area contributed by atoms with E-state index in [0.717, 1.165) is 5.69 Å². The molecule has 0 spiro atoms. The summed E-state index contributed by atoms with van der Waals surface area (Å²) < 4.78 is 5.25. The van der Waals surface area contributed by atoms with Crippen molar-refractivity contribution >= 4 is 11.9 Å². The lowest BCUT2D eigenvalue weighted by Gasteiger charge is -2.34. The Morgan fingerprint density at radius 3 is 2.83 bits per heavy atom. The number of nitrogens with zero attached hydrogens (tertiary/aromatic N) is 2. The smallest absolute Gasteiger partial charge is 0.334 e. The van der Waals surface area contributed by atoms with Crippen molar-refractivity contribution in [3.05, 3.63) is 17.5 Å². The second kappa shape index (κ2) is 4.77. The van der Waals surface area contributed by atoms with Crippen LogP contribution in [0, 0.1) is 6.92 Å². The van der Waals surface area contributed by atoms with Gasteiger partial charge in [-0.3, -0.25) is 9.89 Å². The average molecular weight is 253 g/mol. The fourth-order valence-corrected chi connectivity index (χ4v) is 1.94. The molecule has 2 heterocycles. The maximum Gasteiger partial charge on any atom is 0.334 e.